The van der Waals surface area contributed by atoms with Crippen LogP contribution in [0.3, 0.4) is 0 Å². The third-order valence-electron chi connectivity index (χ3n) is 18.9. The van der Waals surface area contributed by atoms with Gasteiger partial charge in [-0.3, -0.25) is 9.59 Å². The monoisotopic (exact) mass is 1210 g/mol. The van der Waals surface area contributed by atoms with E-state index in [1.807, 2.05) is 34.0 Å². The molecule has 3 aromatic heterocycles. The van der Waals surface area contributed by atoms with Crippen molar-refractivity contribution in [2.45, 2.75) is 299 Å². The summed E-state index contributed by atoms with van der Waals surface area (Å²) in [5.41, 5.74) is 10.5. The van der Waals surface area contributed by atoms with Crippen molar-refractivity contribution in [1.82, 2.24) is 0 Å². The van der Waals surface area contributed by atoms with E-state index in [2.05, 4.69) is 126 Å². The number of hydrogen-bond acceptors (Lipinski definition) is 5. The van der Waals surface area contributed by atoms with Gasteiger partial charge in [0.05, 0.1) is 22.5 Å². The first-order chi connectivity index (χ1) is 41.6. The van der Waals surface area contributed by atoms with E-state index in [1.165, 1.54) is 251 Å². The van der Waals surface area contributed by atoms with Crippen LogP contribution in [0.4, 0.5) is 11.4 Å². The number of thiophene rings is 3. The van der Waals surface area contributed by atoms with Gasteiger partial charge in [0.1, 0.15) is 0 Å². The molecule has 2 amide bonds. The van der Waals surface area contributed by atoms with Crippen LogP contribution >= 0.6 is 34.0 Å². The van der Waals surface area contributed by atoms with Gasteiger partial charge in [-0.15, -0.1) is 34.0 Å². The summed E-state index contributed by atoms with van der Waals surface area (Å²) in [6, 6.07) is 23.3. The average molecular weight is 1210 g/mol. The molecule has 468 valence electrons. The lowest BCUT2D eigenvalue weighted by atomic mass is 9.93. The van der Waals surface area contributed by atoms with Gasteiger partial charge >= 0.3 is 0 Å². The molecular formula is C78H116N2O2S3. The van der Waals surface area contributed by atoms with Crippen LogP contribution in [0, 0.1) is 25.7 Å². The second-order valence-corrected chi connectivity index (χ2v) is 29.6. The van der Waals surface area contributed by atoms with E-state index in [9.17, 15) is 0 Å². The fourth-order valence-corrected chi connectivity index (χ4v) is 17.3. The first kappa shape index (κ1) is 68.7. The summed E-state index contributed by atoms with van der Waals surface area (Å²) >= 11 is 5.92. The fraction of sp³-hybridized carbons (Fsp3) is 0.641. The molecule has 0 radical (unpaired) electrons. The number of amides is 2. The van der Waals surface area contributed by atoms with Crippen LogP contribution in [-0.2, 0) is 22.4 Å². The minimum atomic E-state index is 0.0231. The molecule has 0 saturated heterocycles. The summed E-state index contributed by atoms with van der Waals surface area (Å²) in [7, 11) is 0. The third-order valence-corrected chi connectivity index (χ3v) is 22.6. The number of anilines is 2. The molecule has 4 nitrogen and oxygen atoms in total. The molecule has 0 saturated carbocycles. The minimum absolute atomic E-state index is 0.0231. The smallest absolute Gasteiger partial charge is 0.259 e. The van der Waals surface area contributed by atoms with Gasteiger partial charge in [-0.2, -0.15) is 0 Å². The highest BCUT2D eigenvalue weighted by molar-refractivity contribution is 7.27. The van der Waals surface area contributed by atoms with Crippen molar-refractivity contribution in [2.24, 2.45) is 11.8 Å². The van der Waals surface area contributed by atoms with Gasteiger partial charge in [-0.05, 0) is 136 Å². The Morgan fingerprint density at radius 2 is 0.741 bits per heavy atom. The molecule has 0 spiro atoms. The molecule has 2 aliphatic rings. The van der Waals surface area contributed by atoms with Crippen molar-refractivity contribution in [1.29, 1.82) is 0 Å². The molecule has 85 heavy (non-hydrogen) atoms. The summed E-state index contributed by atoms with van der Waals surface area (Å²) in [5, 5.41) is 0. The number of hydrogen-bond donors (Lipinski definition) is 0. The van der Waals surface area contributed by atoms with E-state index in [0.717, 1.165) is 73.1 Å². The van der Waals surface area contributed by atoms with Gasteiger partial charge in [0.25, 0.3) is 11.8 Å². The third kappa shape index (κ3) is 20.4. The molecule has 2 aliphatic heterocycles. The molecule has 0 bridgehead atoms. The van der Waals surface area contributed by atoms with Crippen molar-refractivity contribution in [2.75, 3.05) is 22.9 Å². The zero-order chi connectivity index (χ0) is 60.2. The summed E-state index contributed by atoms with van der Waals surface area (Å²) in [4.78, 5) is 44.3. The van der Waals surface area contributed by atoms with Crippen molar-refractivity contribution in [3.63, 3.8) is 0 Å². The standard InChI is InChI=1S/C78H116N2O2S3/c1-9-15-21-27-31-37-43-61(41-35-25-19-13-5)57-79-68-53-59(7)47-49-66(68)73(77(79)81)74-67-50-48-63(55-69(67)80(78(74)82)58-62(42-36-26-20-14-6)44-38-32-28-22-16-10-2)72-56-65(46-40-34-30-24-18-12-4)76(85-72)71-52-51-70(84-71)75-64(54-60(8)83-75)45-39-33-29-23-17-11-3/h47-56,61-62H,9-46,57-58H2,1-8H3/b74-73+. The first-order valence-corrected chi connectivity index (χ1v) is 38.1. The van der Waals surface area contributed by atoms with E-state index in [-0.39, 0.29) is 11.8 Å². The Kier molecular flexibility index (Phi) is 30.7. The number of nitrogens with zero attached hydrogens (tertiary/aromatic N) is 2. The summed E-state index contributed by atoms with van der Waals surface area (Å²) in [6.45, 7) is 19.7. The van der Waals surface area contributed by atoms with Crippen LogP contribution in [-0.4, -0.2) is 24.9 Å². The highest BCUT2D eigenvalue weighted by Gasteiger charge is 2.43. The zero-order valence-corrected chi connectivity index (χ0v) is 57.6. The number of carbonyl (C=O) groups is 2. The van der Waals surface area contributed by atoms with Crippen molar-refractivity contribution in [3.8, 4) is 29.9 Å². The quantitative estimate of drug-likeness (QED) is 0.0288. The van der Waals surface area contributed by atoms with Crippen LogP contribution in [0.15, 0.2) is 60.7 Å². The van der Waals surface area contributed by atoms with E-state index >= 15 is 9.59 Å². The Morgan fingerprint density at radius 1 is 0.365 bits per heavy atom. The molecule has 5 heterocycles. The van der Waals surface area contributed by atoms with Crippen LogP contribution in [0.25, 0.3) is 41.1 Å². The lowest BCUT2D eigenvalue weighted by Gasteiger charge is -2.25. The van der Waals surface area contributed by atoms with E-state index < -0.39 is 0 Å². The van der Waals surface area contributed by atoms with Gasteiger partial charge in [-0.1, -0.05) is 258 Å². The maximum atomic E-state index is 16.0. The Bertz CT molecular complexity index is 2790. The molecule has 2 aromatic carbocycles. The Balaban J connectivity index is 1.28. The topological polar surface area (TPSA) is 40.6 Å². The molecule has 0 N–H and O–H groups in total. The van der Waals surface area contributed by atoms with Gasteiger partial charge in [-0.25, -0.2) is 0 Å². The summed E-state index contributed by atoms with van der Waals surface area (Å²) < 4.78 is 0. The fourth-order valence-electron chi connectivity index (χ4n) is 13.8. The lowest BCUT2D eigenvalue weighted by molar-refractivity contribution is -0.114. The number of aryl methyl sites for hydroxylation is 4. The van der Waals surface area contributed by atoms with Crippen LogP contribution in [0.1, 0.15) is 305 Å². The largest absolute Gasteiger partial charge is 0.307 e. The number of fused-ring (bicyclic) bond motifs is 2. The number of benzene rings is 2. The van der Waals surface area contributed by atoms with E-state index in [1.54, 1.807) is 0 Å². The van der Waals surface area contributed by atoms with Gasteiger partial charge < -0.3 is 9.80 Å². The highest BCUT2D eigenvalue weighted by atomic mass is 32.1. The van der Waals surface area contributed by atoms with Gasteiger partial charge in [0, 0.05) is 53.5 Å². The molecular weight excluding hydrogens is 1090 g/mol. The number of carbonyl (C=O) groups excluding carboxylic acids is 2. The normalized spacial score (nSPS) is 14.8. The maximum Gasteiger partial charge on any atom is 0.259 e. The SMILES string of the molecule is CCCCCCCCc1cc(C)sc1-c1ccc(-c2sc(-c3ccc4c(c3)N(CC(CCCCCC)CCCCCCCC)C(=O)/C4=C3/C(=O)N(CC(CCCCCC)CCCCCCCC)c4cc(C)ccc43)cc2CCCCCCCC)s1. The van der Waals surface area contributed by atoms with Crippen LogP contribution < -0.4 is 9.80 Å². The molecule has 7 heteroatoms. The molecule has 7 rings (SSSR count). The molecule has 5 aromatic rings. The molecule has 0 aliphatic carbocycles. The van der Waals surface area contributed by atoms with Crippen molar-refractivity contribution >= 4 is 68.3 Å². The minimum Gasteiger partial charge on any atom is -0.307 e. The predicted octanol–water partition coefficient (Wildman–Crippen LogP) is 25.6. The van der Waals surface area contributed by atoms with Crippen molar-refractivity contribution < 1.29 is 9.59 Å². The molecule has 2 unspecified atom stereocenters. The van der Waals surface area contributed by atoms with Crippen LogP contribution in [0.5, 0.6) is 0 Å². The second-order valence-electron chi connectivity index (χ2n) is 26.3. The van der Waals surface area contributed by atoms with Crippen LogP contribution in [0.2, 0.25) is 0 Å². The van der Waals surface area contributed by atoms with Gasteiger partial charge in [0.2, 0.25) is 0 Å². The number of unbranched alkanes of at least 4 members (excludes halogenated alkanes) is 26. The first-order valence-electron chi connectivity index (χ1n) is 35.6. The average Bonchev–Trinajstić information content (AvgIpc) is 1.65. The molecule has 0 fully saturated rings. The van der Waals surface area contributed by atoms with Gasteiger partial charge in [0.15, 0.2) is 0 Å². The van der Waals surface area contributed by atoms with E-state index in [0.29, 0.717) is 29.5 Å². The summed E-state index contributed by atoms with van der Waals surface area (Å²) in [5.74, 6) is 0.878. The predicted molar refractivity (Wildman–Crippen MR) is 378 cm³/mol. The Morgan fingerprint density at radius 3 is 1.20 bits per heavy atom. The lowest BCUT2D eigenvalue weighted by Crippen LogP contribution is -2.34. The molecule has 2 atom stereocenters. The summed E-state index contributed by atoms with van der Waals surface area (Å²) in [6.07, 6.45) is 47.6. The number of rotatable bonds is 45. The Hall–Kier alpha value is -3.78. The zero-order valence-electron chi connectivity index (χ0n) is 55.1. The Labute approximate surface area is 531 Å². The van der Waals surface area contributed by atoms with Crippen molar-refractivity contribution in [3.05, 3.63) is 93.4 Å². The second kappa shape index (κ2) is 37.9. The highest BCUT2D eigenvalue weighted by Crippen LogP contribution is 2.51. The van der Waals surface area contributed by atoms with E-state index in [4.69, 9.17) is 0 Å². The maximum absolute atomic E-state index is 16.0.